The first-order valence-electron chi connectivity index (χ1n) is 8.44. The van der Waals surface area contributed by atoms with Gasteiger partial charge in [-0.2, -0.15) is 13.8 Å². The van der Waals surface area contributed by atoms with Crippen LogP contribution in [0, 0.1) is 5.82 Å². The molecule has 1 aromatic heterocycles. The molecule has 9 nitrogen and oxygen atoms in total. The number of H-pyrrole nitrogens is 1. The quantitative estimate of drug-likeness (QED) is 0.664. The highest BCUT2D eigenvalue weighted by Crippen LogP contribution is 2.63. The van der Waals surface area contributed by atoms with Crippen LogP contribution in [0.3, 0.4) is 0 Å². The van der Waals surface area contributed by atoms with Gasteiger partial charge in [-0.05, 0) is 12.1 Å². The van der Waals surface area contributed by atoms with Crippen molar-refractivity contribution in [2.24, 2.45) is 0 Å². The molecule has 3 heterocycles. The van der Waals surface area contributed by atoms with E-state index in [-0.39, 0.29) is 19.6 Å². The van der Waals surface area contributed by atoms with E-state index in [4.69, 9.17) is 41.5 Å². The Labute approximate surface area is 173 Å². The summed E-state index contributed by atoms with van der Waals surface area (Å²) in [5.41, 5.74) is -1.36. The summed E-state index contributed by atoms with van der Waals surface area (Å²) in [5.74, 6) is -1.12. The molecule has 0 radical (unpaired) electrons. The molecule has 2 aliphatic rings. The zero-order chi connectivity index (χ0) is 20.8. The Morgan fingerprint density at radius 2 is 2.14 bits per heavy atom. The van der Waals surface area contributed by atoms with Crippen LogP contribution < -0.4 is 11.2 Å². The predicted octanol–water partition coefficient (Wildman–Crippen LogP) is 2.57. The Morgan fingerprint density at radius 3 is 2.90 bits per heavy atom. The lowest BCUT2D eigenvalue weighted by Crippen LogP contribution is -2.35. The van der Waals surface area contributed by atoms with Gasteiger partial charge in [-0.15, -0.1) is 9.05 Å². The highest BCUT2D eigenvalue weighted by molar-refractivity contribution is 7.55. The fourth-order valence-electron chi connectivity index (χ4n) is 3.03. The molecule has 2 N–H and O–H groups in total. The Kier molecular flexibility index (Phi) is 5.80. The van der Waals surface area contributed by atoms with Crippen LogP contribution in [0.1, 0.15) is 18.2 Å². The number of benzene rings is 1. The zero-order valence-electron chi connectivity index (χ0n) is 14.6. The van der Waals surface area contributed by atoms with Crippen LogP contribution in [-0.2, 0) is 24.9 Å². The molecule has 1 aromatic carbocycles. The number of ether oxygens (including phenoxy) is 1. The number of aromatic nitrogens is 2. The molecule has 156 valence electrons. The minimum Gasteiger partial charge on any atom is -0.349 e. The summed E-state index contributed by atoms with van der Waals surface area (Å²) in [6.07, 6.45) is -1.28. The minimum atomic E-state index is -3.67. The van der Waals surface area contributed by atoms with Crippen molar-refractivity contribution in [3.63, 3.8) is 0 Å². The van der Waals surface area contributed by atoms with Crippen LogP contribution in [0.2, 0.25) is 10.0 Å². The van der Waals surface area contributed by atoms with Gasteiger partial charge in [0.1, 0.15) is 31.6 Å². The smallest absolute Gasteiger partial charge is 0.349 e. The van der Waals surface area contributed by atoms with Crippen molar-refractivity contribution in [1.82, 2.24) is 9.55 Å². The first-order valence-corrected chi connectivity index (χ1v) is 10.7. The molecule has 2 aliphatic heterocycles. The van der Waals surface area contributed by atoms with Crippen molar-refractivity contribution in [3.8, 4) is 0 Å². The first kappa shape index (κ1) is 20.9. The summed E-state index contributed by atoms with van der Waals surface area (Å²) >= 11 is 11.9. The molecule has 4 rings (SSSR count). The molecule has 0 spiro atoms. The second-order valence-electron chi connectivity index (χ2n) is 6.43. The van der Waals surface area contributed by atoms with E-state index in [9.17, 15) is 18.9 Å². The molecule has 0 amide bonds. The van der Waals surface area contributed by atoms with Gasteiger partial charge in [-0.3, -0.25) is 14.3 Å². The molecule has 2 fully saturated rings. The minimum absolute atomic E-state index is 0.0552. The molecule has 0 bridgehead atoms. The average molecular weight is 468 g/mol. The van der Waals surface area contributed by atoms with Gasteiger partial charge in [-0.1, -0.05) is 29.3 Å². The van der Waals surface area contributed by atoms with Crippen LogP contribution in [0.4, 0.5) is 4.39 Å². The van der Waals surface area contributed by atoms with Crippen LogP contribution >= 0.6 is 31.4 Å². The summed E-state index contributed by atoms with van der Waals surface area (Å²) in [6, 6.07) is 4.82. The van der Waals surface area contributed by atoms with Gasteiger partial charge in [0.15, 0.2) is 0 Å². The molecular formula is C16H15Cl2FN2O7P+. The van der Waals surface area contributed by atoms with Crippen LogP contribution in [0.5, 0.6) is 0 Å². The second-order valence-corrected chi connectivity index (χ2v) is 8.93. The van der Waals surface area contributed by atoms with E-state index in [0.717, 1.165) is 10.8 Å². The van der Waals surface area contributed by atoms with Crippen molar-refractivity contribution in [2.45, 2.75) is 31.5 Å². The monoisotopic (exact) mass is 467 g/mol. The summed E-state index contributed by atoms with van der Waals surface area (Å²) in [4.78, 5) is 35.5. The highest BCUT2D eigenvalue weighted by atomic mass is 35.5. The van der Waals surface area contributed by atoms with Gasteiger partial charge in [-0.25, -0.2) is 4.79 Å². The summed E-state index contributed by atoms with van der Waals surface area (Å²) in [7, 11) is -3.67. The second kappa shape index (κ2) is 8.05. The van der Waals surface area contributed by atoms with E-state index in [2.05, 4.69) is 0 Å². The fourth-order valence-corrected chi connectivity index (χ4v) is 4.89. The third-order valence-corrected chi connectivity index (χ3v) is 6.54. The number of nitrogens with one attached hydrogen (secondary N) is 1. The highest BCUT2D eigenvalue weighted by Gasteiger charge is 2.57. The van der Waals surface area contributed by atoms with E-state index in [1.54, 1.807) is 18.2 Å². The topological polar surface area (TPSA) is 112 Å². The van der Waals surface area contributed by atoms with E-state index in [1.165, 1.54) is 0 Å². The Balaban J connectivity index is 1.44. The van der Waals surface area contributed by atoms with Gasteiger partial charge in [0.05, 0.1) is 6.20 Å². The third kappa shape index (κ3) is 4.40. The van der Waals surface area contributed by atoms with E-state index < -0.39 is 43.7 Å². The zero-order valence-corrected chi connectivity index (χ0v) is 17.0. The number of hydrogen-bond donors (Lipinski definition) is 2. The number of halogens is 3. The number of rotatable bonds is 4. The van der Waals surface area contributed by atoms with Crippen molar-refractivity contribution in [1.29, 1.82) is 0 Å². The number of nitrogens with zero attached hydrogens (tertiary/aromatic N) is 1. The molecular weight excluding hydrogens is 453 g/mol. The number of hydrogen-bond acceptors (Lipinski definition) is 7. The maximum absolute atomic E-state index is 13.5. The first-order chi connectivity index (χ1) is 13.7. The van der Waals surface area contributed by atoms with Crippen LogP contribution in [0.15, 0.2) is 34.0 Å². The van der Waals surface area contributed by atoms with Gasteiger partial charge in [0.25, 0.3) is 5.56 Å². The maximum atomic E-state index is 13.5. The average Bonchev–Trinajstić information content (AvgIpc) is 3.06. The molecule has 2 saturated heterocycles. The maximum Gasteiger partial charge on any atom is 0.573 e. The van der Waals surface area contributed by atoms with Gasteiger partial charge in [0, 0.05) is 22.0 Å². The Hall–Kier alpha value is -1.36. The molecule has 0 aliphatic carbocycles. The van der Waals surface area contributed by atoms with Gasteiger partial charge < -0.3 is 4.74 Å². The SMILES string of the molecule is O=c1[nH]c(=O)n([C@H]2C[C@@H]3O[P+](O)(OCc4ccc(Cl)cc4Cl)OC[C@H]3O2)cc1F. The number of aromatic amines is 1. The van der Waals surface area contributed by atoms with Gasteiger partial charge >= 0.3 is 13.9 Å². The lowest BCUT2D eigenvalue weighted by atomic mass is 10.2. The molecule has 29 heavy (non-hydrogen) atoms. The third-order valence-electron chi connectivity index (χ3n) is 4.48. The van der Waals surface area contributed by atoms with Gasteiger partial charge in [0.2, 0.25) is 5.82 Å². The van der Waals surface area contributed by atoms with Crippen molar-refractivity contribution >= 4 is 31.4 Å². The van der Waals surface area contributed by atoms with E-state index >= 15 is 0 Å². The van der Waals surface area contributed by atoms with Crippen molar-refractivity contribution < 1.29 is 27.6 Å². The van der Waals surface area contributed by atoms with Crippen LogP contribution in [0.25, 0.3) is 0 Å². The molecule has 1 unspecified atom stereocenters. The predicted molar refractivity (Wildman–Crippen MR) is 101 cm³/mol. The number of fused-ring (bicyclic) bond motifs is 1. The van der Waals surface area contributed by atoms with E-state index in [1.807, 2.05) is 4.98 Å². The van der Waals surface area contributed by atoms with Crippen molar-refractivity contribution in [3.05, 3.63) is 66.7 Å². The van der Waals surface area contributed by atoms with Crippen LogP contribution in [-0.4, -0.2) is 33.3 Å². The summed E-state index contributed by atoms with van der Waals surface area (Å²) < 4.78 is 36.5. The normalized spacial score (nSPS) is 29.0. The largest absolute Gasteiger partial charge is 0.573 e. The lowest BCUT2D eigenvalue weighted by molar-refractivity contribution is -0.0828. The molecule has 13 heteroatoms. The fraction of sp³-hybridized carbons (Fsp3) is 0.375. The standard InChI is InChI=1S/C16H14Cl2FN2O7P/c17-9-2-1-8(10(18)3-9)6-25-29(24)26-7-13-12(28-29)4-14(27-13)21-5-11(19)15(22)20-16(21)23/h1-3,5,12-14,24H,4,6-7H2/p+1/t12-,13+,14+,29?/m0/s1. The Bertz CT molecular complexity index is 1050. The molecule has 2 aromatic rings. The Morgan fingerprint density at radius 1 is 1.34 bits per heavy atom. The lowest BCUT2D eigenvalue weighted by Gasteiger charge is -2.26. The van der Waals surface area contributed by atoms with Crippen molar-refractivity contribution in [2.75, 3.05) is 6.61 Å². The van der Waals surface area contributed by atoms with E-state index in [0.29, 0.717) is 15.6 Å². The summed E-state index contributed by atoms with van der Waals surface area (Å²) in [5, 5.41) is 0.825. The molecule has 4 atom stereocenters. The molecule has 0 saturated carbocycles. The summed E-state index contributed by atoms with van der Waals surface area (Å²) in [6.45, 7) is -0.132.